The Morgan fingerprint density at radius 3 is 2.10 bits per heavy atom. The molecule has 6 amide bonds. The molecule has 272 valence electrons. The maximum absolute atomic E-state index is 13.3. The molecular formula is C29H52N10O9. The molecule has 0 bridgehead atoms. The molecule has 1 rings (SSSR count). The lowest BCUT2D eigenvalue weighted by atomic mass is 10.0. The first-order chi connectivity index (χ1) is 22.5. The van der Waals surface area contributed by atoms with Crippen LogP contribution in [0.4, 0.5) is 0 Å². The van der Waals surface area contributed by atoms with E-state index in [2.05, 4.69) is 26.3 Å². The van der Waals surface area contributed by atoms with E-state index in [0.717, 1.165) is 0 Å². The number of aliphatic hydroxyl groups excluding tert-OH is 1. The number of hydrogen-bond donors (Lipinski definition) is 10. The fourth-order valence-electron chi connectivity index (χ4n) is 4.88. The first-order valence-corrected chi connectivity index (χ1v) is 15.9. The van der Waals surface area contributed by atoms with Crippen LogP contribution in [0.5, 0.6) is 0 Å². The number of aliphatic carboxylic acids is 1. The Balaban J connectivity index is 2.89. The van der Waals surface area contributed by atoms with Crippen molar-refractivity contribution in [1.29, 1.82) is 0 Å². The first kappa shape index (κ1) is 41.5. The van der Waals surface area contributed by atoms with E-state index in [1.54, 1.807) is 13.8 Å². The van der Waals surface area contributed by atoms with Gasteiger partial charge in [-0.25, -0.2) is 4.79 Å². The van der Waals surface area contributed by atoms with Gasteiger partial charge in [0.15, 0.2) is 5.96 Å². The lowest BCUT2D eigenvalue weighted by molar-refractivity contribution is -0.143. The van der Waals surface area contributed by atoms with Crippen LogP contribution in [-0.2, 0) is 33.6 Å². The number of nitrogens with two attached hydrogens (primary N) is 3. The molecule has 19 heteroatoms. The molecule has 1 saturated heterocycles. The van der Waals surface area contributed by atoms with Crippen molar-refractivity contribution >= 4 is 47.4 Å². The number of rotatable bonds is 20. The second-order valence-electron chi connectivity index (χ2n) is 12.3. The Hall–Kier alpha value is -4.52. The van der Waals surface area contributed by atoms with Crippen molar-refractivity contribution < 1.29 is 43.8 Å². The molecule has 0 unspecified atom stereocenters. The van der Waals surface area contributed by atoms with Crippen molar-refractivity contribution in [2.75, 3.05) is 32.8 Å². The Bertz CT molecular complexity index is 1180. The van der Waals surface area contributed by atoms with E-state index in [-0.39, 0.29) is 50.1 Å². The molecule has 0 aromatic heterocycles. The van der Waals surface area contributed by atoms with Crippen LogP contribution in [0, 0.1) is 11.8 Å². The van der Waals surface area contributed by atoms with Gasteiger partial charge in [-0.2, -0.15) is 0 Å². The van der Waals surface area contributed by atoms with E-state index in [0.29, 0.717) is 12.8 Å². The van der Waals surface area contributed by atoms with Crippen molar-refractivity contribution in [2.24, 2.45) is 34.0 Å². The number of guanidine groups is 1. The van der Waals surface area contributed by atoms with Gasteiger partial charge in [0.05, 0.1) is 25.7 Å². The molecule has 0 spiro atoms. The molecule has 1 aliphatic rings. The third kappa shape index (κ3) is 14.5. The number of carbonyl (C=O) groups is 7. The zero-order valence-electron chi connectivity index (χ0n) is 28.0. The van der Waals surface area contributed by atoms with Gasteiger partial charge in [0.1, 0.15) is 24.2 Å². The van der Waals surface area contributed by atoms with Gasteiger partial charge in [-0.15, -0.1) is 0 Å². The second-order valence-corrected chi connectivity index (χ2v) is 12.3. The van der Waals surface area contributed by atoms with E-state index in [4.69, 9.17) is 27.4 Å². The topological polar surface area (TPSA) is 314 Å². The van der Waals surface area contributed by atoms with Crippen LogP contribution in [0.15, 0.2) is 4.99 Å². The molecule has 0 radical (unpaired) electrons. The predicted molar refractivity (Wildman–Crippen MR) is 173 cm³/mol. The summed E-state index contributed by atoms with van der Waals surface area (Å²) < 4.78 is 0. The van der Waals surface area contributed by atoms with Gasteiger partial charge in [-0.1, -0.05) is 27.7 Å². The molecule has 1 aliphatic heterocycles. The minimum Gasteiger partial charge on any atom is -0.480 e. The Kier molecular flexibility index (Phi) is 17.9. The number of carbonyl (C=O) groups excluding carboxylic acids is 6. The highest BCUT2D eigenvalue weighted by Gasteiger charge is 2.36. The lowest BCUT2D eigenvalue weighted by Crippen LogP contribution is -2.56. The summed E-state index contributed by atoms with van der Waals surface area (Å²) in [5, 5.41) is 30.2. The van der Waals surface area contributed by atoms with Crippen molar-refractivity contribution in [3.05, 3.63) is 0 Å². The van der Waals surface area contributed by atoms with Crippen molar-refractivity contribution in [1.82, 2.24) is 31.5 Å². The monoisotopic (exact) mass is 684 g/mol. The summed E-state index contributed by atoms with van der Waals surface area (Å²) in [5.41, 5.74) is 16.6. The molecule has 5 atom stereocenters. The zero-order valence-corrected chi connectivity index (χ0v) is 28.0. The zero-order chi connectivity index (χ0) is 36.6. The summed E-state index contributed by atoms with van der Waals surface area (Å²) in [6, 6.07) is -5.44. The Labute approximate surface area is 279 Å². The Morgan fingerprint density at radius 2 is 1.54 bits per heavy atom. The maximum atomic E-state index is 13.3. The third-order valence-corrected chi connectivity index (χ3v) is 7.42. The smallest absolute Gasteiger partial charge is 0.328 e. The summed E-state index contributed by atoms with van der Waals surface area (Å²) >= 11 is 0. The number of carboxylic acids is 1. The molecule has 13 N–H and O–H groups in total. The normalized spacial score (nSPS) is 16.7. The molecule has 0 aromatic rings. The van der Waals surface area contributed by atoms with Crippen molar-refractivity contribution in [3.63, 3.8) is 0 Å². The van der Waals surface area contributed by atoms with E-state index in [1.807, 2.05) is 19.2 Å². The van der Waals surface area contributed by atoms with E-state index in [9.17, 15) is 33.6 Å². The molecular weight excluding hydrogens is 632 g/mol. The fraction of sp³-hybridized carbons (Fsp3) is 0.724. The van der Waals surface area contributed by atoms with Crippen LogP contribution in [0.2, 0.25) is 0 Å². The van der Waals surface area contributed by atoms with Crippen molar-refractivity contribution in [2.45, 2.75) is 90.0 Å². The van der Waals surface area contributed by atoms with Gasteiger partial charge in [0.2, 0.25) is 35.4 Å². The van der Waals surface area contributed by atoms with E-state index < -0.39 is 91.3 Å². The largest absolute Gasteiger partial charge is 0.480 e. The van der Waals surface area contributed by atoms with Crippen LogP contribution in [-0.4, -0.2) is 125 Å². The highest BCUT2D eigenvalue weighted by atomic mass is 16.4. The number of nitrogens with one attached hydrogen (secondary N) is 5. The molecule has 48 heavy (non-hydrogen) atoms. The highest BCUT2D eigenvalue weighted by Crippen LogP contribution is 2.18. The van der Waals surface area contributed by atoms with Crippen molar-refractivity contribution in [3.8, 4) is 0 Å². The fourth-order valence-corrected chi connectivity index (χ4v) is 4.88. The highest BCUT2D eigenvalue weighted by molar-refractivity contribution is 5.95. The number of likely N-dealkylation sites (tertiary alicyclic amines) is 1. The van der Waals surface area contributed by atoms with Crippen LogP contribution >= 0.6 is 0 Å². The molecule has 0 saturated carbocycles. The summed E-state index contributed by atoms with van der Waals surface area (Å²) in [7, 11) is 0. The summed E-state index contributed by atoms with van der Waals surface area (Å²) in [5.74, 6) is -5.68. The number of aliphatic imine (C=N–C) groups is 1. The Morgan fingerprint density at radius 1 is 0.896 bits per heavy atom. The van der Waals surface area contributed by atoms with E-state index in [1.165, 1.54) is 4.90 Å². The average Bonchev–Trinajstić information content (AvgIpc) is 3.51. The van der Waals surface area contributed by atoms with Gasteiger partial charge in [0, 0.05) is 13.1 Å². The van der Waals surface area contributed by atoms with Crippen LogP contribution in [0.3, 0.4) is 0 Å². The average molecular weight is 685 g/mol. The minimum absolute atomic E-state index is 0.0459. The number of hydrogen-bond acceptors (Lipinski definition) is 10. The molecule has 0 aromatic carbocycles. The van der Waals surface area contributed by atoms with E-state index >= 15 is 0 Å². The number of aliphatic hydroxyl groups is 1. The van der Waals surface area contributed by atoms with Gasteiger partial charge >= 0.3 is 5.97 Å². The number of nitrogens with zero attached hydrogens (tertiary/aromatic N) is 2. The molecule has 0 aliphatic carbocycles. The quantitative estimate of drug-likeness (QED) is 0.0332. The molecule has 1 heterocycles. The number of carboxylic acid groups (broad SMARTS) is 1. The van der Waals surface area contributed by atoms with Gasteiger partial charge in [-0.05, 0) is 43.9 Å². The second kappa shape index (κ2) is 20.7. The van der Waals surface area contributed by atoms with Crippen LogP contribution in [0.25, 0.3) is 0 Å². The summed E-state index contributed by atoms with van der Waals surface area (Å²) in [6.07, 6.45) is 1.49. The van der Waals surface area contributed by atoms with Gasteiger partial charge < -0.3 is 58.9 Å². The minimum atomic E-state index is -1.57. The van der Waals surface area contributed by atoms with Gasteiger partial charge in [0.25, 0.3) is 0 Å². The summed E-state index contributed by atoms with van der Waals surface area (Å²) in [4.78, 5) is 93.2. The lowest BCUT2D eigenvalue weighted by Gasteiger charge is -2.27. The standard InChI is InChI=1S/C29H52N10O9/c1-15(2)11-17(30)24(43)38-23(16(3)4)27(46)35-13-22(42)39-10-6-8-20(39)26(45)37-18(7-5-9-33-29(31)32)25(44)34-12-21(41)36-19(14-40)28(47)48/h15-20,23,40H,5-14,30H2,1-4H3,(H,34,44)(H,35,46)(H,36,41)(H,37,45)(H,38,43)(H,47,48)(H4,31,32,33)/t17-,18-,19-,20-,23-/m0/s1. The maximum Gasteiger partial charge on any atom is 0.328 e. The first-order valence-electron chi connectivity index (χ1n) is 15.9. The third-order valence-electron chi connectivity index (χ3n) is 7.42. The van der Waals surface area contributed by atoms with Gasteiger partial charge in [-0.3, -0.25) is 33.8 Å². The number of amides is 6. The van der Waals surface area contributed by atoms with Crippen LogP contribution in [0.1, 0.15) is 59.8 Å². The molecule has 19 nitrogen and oxygen atoms in total. The van der Waals surface area contributed by atoms with Crippen LogP contribution < -0.4 is 43.8 Å². The molecule has 1 fully saturated rings. The summed E-state index contributed by atoms with van der Waals surface area (Å²) in [6.45, 7) is 5.72. The SMILES string of the molecule is CC(C)C[C@H](N)C(=O)N[C@H](C(=O)NCC(=O)N1CCC[C@H]1C(=O)N[C@@H](CCCN=C(N)N)C(=O)NCC(=O)N[C@@H](CO)C(=O)O)C(C)C. The predicted octanol–water partition coefficient (Wildman–Crippen LogP) is -4.18.